The molecule has 3 N–H and O–H groups in total. The van der Waals surface area contributed by atoms with Gasteiger partial charge >= 0.3 is 0 Å². The van der Waals surface area contributed by atoms with Crippen molar-refractivity contribution in [3.05, 3.63) is 35.4 Å². The standard InChI is InChI=1S/C15H24N2O/c1-12-7-3-4-8-13(12)11-14(17-16)15(2)9-5-6-10-18-15/h3-4,7-8,14,17H,5-6,9-11,16H2,1-2H3. The molecule has 0 radical (unpaired) electrons. The summed E-state index contributed by atoms with van der Waals surface area (Å²) in [4.78, 5) is 0. The monoisotopic (exact) mass is 248 g/mol. The van der Waals surface area contributed by atoms with E-state index in [0.717, 1.165) is 25.9 Å². The average Bonchev–Trinajstić information content (AvgIpc) is 2.38. The van der Waals surface area contributed by atoms with E-state index in [-0.39, 0.29) is 11.6 Å². The highest BCUT2D eigenvalue weighted by atomic mass is 16.5. The zero-order valence-electron chi connectivity index (χ0n) is 11.4. The van der Waals surface area contributed by atoms with Crippen LogP contribution in [0.2, 0.25) is 0 Å². The van der Waals surface area contributed by atoms with E-state index in [1.165, 1.54) is 17.5 Å². The first-order chi connectivity index (χ1) is 8.65. The number of ether oxygens (including phenoxy) is 1. The molecule has 0 spiro atoms. The summed E-state index contributed by atoms with van der Waals surface area (Å²) in [5, 5.41) is 0. The summed E-state index contributed by atoms with van der Waals surface area (Å²) in [5.74, 6) is 5.76. The van der Waals surface area contributed by atoms with Gasteiger partial charge in [-0.1, -0.05) is 24.3 Å². The van der Waals surface area contributed by atoms with Gasteiger partial charge in [-0.15, -0.1) is 0 Å². The van der Waals surface area contributed by atoms with Gasteiger partial charge in [0.1, 0.15) is 0 Å². The van der Waals surface area contributed by atoms with E-state index in [1.54, 1.807) is 0 Å². The van der Waals surface area contributed by atoms with Crippen molar-refractivity contribution in [3.8, 4) is 0 Å². The second kappa shape index (κ2) is 5.83. The minimum Gasteiger partial charge on any atom is -0.374 e. The van der Waals surface area contributed by atoms with Crippen LogP contribution in [0.5, 0.6) is 0 Å². The molecule has 3 nitrogen and oxygen atoms in total. The van der Waals surface area contributed by atoms with Crippen LogP contribution in [0.3, 0.4) is 0 Å². The first kappa shape index (κ1) is 13.5. The number of nitrogens with one attached hydrogen (secondary N) is 1. The first-order valence-electron chi connectivity index (χ1n) is 6.80. The molecule has 1 aromatic rings. The molecule has 1 saturated heterocycles. The quantitative estimate of drug-likeness (QED) is 0.635. The molecule has 1 aliphatic heterocycles. The van der Waals surface area contributed by atoms with Gasteiger partial charge in [0, 0.05) is 6.61 Å². The summed E-state index contributed by atoms with van der Waals surface area (Å²) in [5.41, 5.74) is 5.48. The largest absolute Gasteiger partial charge is 0.374 e. The van der Waals surface area contributed by atoms with Crippen molar-refractivity contribution in [2.75, 3.05) is 6.61 Å². The van der Waals surface area contributed by atoms with E-state index in [9.17, 15) is 0 Å². The van der Waals surface area contributed by atoms with E-state index < -0.39 is 0 Å². The fourth-order valence-corrected chi connectivity index (χ4v) is 2.74. The molecule has 0 aliphatic carbocycles. The lowest BCUT2D eigenvalue weighted by atomic mass is 9.84. The molecular formula is C15H24N2O. The van der Waals surface area contributed by atoms with Crippen LogP contribution in [0.15, 0.2) is 24.3 Å². The number of benzene rings is 1. The summed E-state index contributed by atoms with van der Waals surface area (Å²) in [6, 6.07) is 8.64. The SMILES string of the molecule is Cc1ccccc1CC(NN)C1(C)CCCCO1. The number of hydrogen-bond donors (Lipinski definition) is 2. The number of nitrogens with two attached hydrogens (primary N) is 1. The van der Waals surface area contributed by atoms with Crippen molar-refractivity contribution in [2.45, 2.75) is 51.2 Å². The van der Waals surface area contributed by atoms with E-state index in [0.29, 0.717) is 0 Å². The van der Waals surface area contributed by atoms with Crippen molar-refractivity contribution in [2.24, 2.45) is 5.84 Å². The molecule has 0 saturated carbocycles. The fourth-order valence-electron chi connectivity index (χ4n) is 2.74. The molecule has 0 amide bonds. The number of hydrazine groups is 1. The van der Waals surface area contributed by atoms with Crippen LogP contribution in [0.25, 0.3) is 0 Å². The molecule has 3 heteroatoms. The van der Waals surface area contributed by atoms with Gasteiger partial charge < -0.3 is 4.74 Å². The second-order valence-corrected chi connectivity index (χ2v) is 5.47. The van der Waals surface area contributed by atoms with Gasteiger partial charge in [-0.05, 0) is 50.7 Å². The third-order valence-electron chi connectivity index (χ3n) is 4.12. The van der Waals surface area contributed by atoms with Crippen LogP contribution in [0.1, 0.15) is 37.3 Å². The van der Waals surface area contributed by atoms with Crippen molar-refractivity contribution in [1.29, 1.82) is 0 Å². The van der Waals surface area contributed by atoms with E-state index >= 15 is 0 Å². The Hall–Kier alpha value is -0.900. The smallest absolute Gasteiger partial charge is 0.0823 e. The van der Waals surface area contributed by atoms with Gasteiger partial charge in [0.25, 0.3) is 0 Å². The molecule has 0 bridgehead atoms. The minimum atomic E-state index is -0.144. The highest BCUT2D eigenvalue weighted by Crippen LogP contribution is 2.29. The third kappa shape index (κ3) is 2.91. The normalized spacial score (nSPS) is 25.9. The molecule has 18 heavy (non-hydrogen) atoms. The Kier molecular flexibility index (Phi) is 4.38. The van der Waals surface area contributed by atoms with Crippen molar-refractivity contribution in [3.63, 3.8) is 0 Å². The van der Waals surface area contributed by atoms with Crippen molar-refractivity contribution < 1.29 is 4.74 Å². The summed E-state index contributed by atoms with van der Waals surface area (Å²) in [7, 11) is 0. The number of hydrogen-bond acceptors (Lipinski definition) is 3. The van der Waals surface area contributed by atoms with Gasteiger partial charge in [0.15, 0.2) is 0 Å². The Labute approximate surface area is 110 Å². The molecule has 2 unspecified atom stereocenters. The highest BCUT2D eigenvalue weighted by molar-refractivity contribution is 5.27. The van der Waals surface area contributed by atoms with Crippen molar-refractivity contribution >= 4 is 0 Å². The highest BCUT2D eigenvalue weighted by Gasteiger charge is 2.36. The summed E-state index contributed by atoms with van der Waals surface area (Å²) < 4.78 is 5.99. The molecule has 100 valence electrons. The van der Waals surface area contributed by atoms with Crippen LogP contribution in [0, 0.1) is 6.92 Å². The van der Waals surface area contributed by atoms with E-state index in [2.05, 4.69) is 43.5 Å². The maximum Gasteiger partial charge on any atom is 0.0823 e. The minimum absolute atomic E-state index is 0.144. The van der Waals surface area contributed by atoms with E-state index in [4.69, 9.17) is 10.6 Å². The molecule has 1 fully saturated rings. The zero-order valence-corrected chi connectivity index (χ0v) is 11.4. The topological polar surface area (TPSA) is 47.3 Å². The second-order valence-electron chi connectivity index (χ2n) is 5.47. The summed E-state index contributed by atoms with van der Waals surface area (Å²) >= 11 is 0. The van der Waals surface area contributed by atoms with Gasteiger partial charge in [-0.3, -0.25) is 11.3 Å². The van der Waals surface area contributed by atoms with Crippen LogP contribution in [-0.2, 0) is 11.2 Å². The first-order valence-corrected chi connectivity index (χ1v) is 6.80. The van der Waals surface area contributed by atoms with Crippen LogP contribution >= 0.6 is 0 Å². The molecule has 2 rings (SSSR count). The predicted molar refractivity (Wildman–Crippen MR) is 74.2 cm³/mol. The summed E-state index contributed by atoms with van der Waals surface area (Å²) in [6.45, 7) is 5.17. The van der Waals surface area contributed by atoms with Gasteiger partial charge in [-0.2, -0.15) is 0 Å². The Balaban J connectivity index is 2.11. The maximum atomic E-state index is 5.99. The Bertz CT molecular complexity index is 386. The van der Waals surface area contributed by atoms with Crippen LogP contribution < -0.4 is 11.3 Å². The molecule has 1 heterocycles. The zero-order chi connectivity index (χ0) is 13.0. The third-order valence-corrected chi connectivity index (χ3v) is 4.12. The fraction of sp³-hybridized carbons (Fsp3) is 0.600. The van der Waals surface area contributed by atoms with Gasteiger partial charge in [-0.25, -0.2) is 0 Å². The van der Waals surface area contributed by atoms with Gasteiger partial charge in [0.05, 0.1) is 11.6 Å². The lowest BCUT2D eigenvalue weighted by molar-refractivity contribution is -0.0884. The number of aryl methyl sites for hydroxylation is 1. The van der Waals surface area contributed by atoms with Crippen LogP contribution in [-0.4, -0.2) is 18.2 Å². The van der Waals surface area contributed by atoms with E-state index in [1.807, 2.05) is 0 Å². The Morgan fingerprint density at radius 1 is 1.39 bits per heavy atom. The Morgan fingerprint density at radius 3 is 2.78 bits per heavy atom. The number of rotatable bonds is 4. The lowest BCUT2D eigenvalue weighted by Crippen LogP contribution is -2.55. The van der Waals surface area contributed by atoms with Crippen LogP contribution in [0.4, 0.5) is 0 Å². The molecule has 2 atom stereocenters. The molecule has 0 aromatic heterocycles. The molecule has 1 aromatic carbocycles. The maximum absolute atomic E-state index is 5.99. The van der Waals surface area contributed by atoms with Crippen molar-refractivity contribution in [1.82, 2.24) is 5.43 Å². The predicted octanol–water partition coefficient (Wildman–Crippen LogP) is 2.33. The van der Waals surface area contributed by atoms with Gasteiger partial charge in [0.2, 0.25) is 0 Å². The molecular weight excluding hydrogens is 224 g/mol. The average molecular weight is 248 g/mol. The Morgan fingerprint density at radius 2 is 2.17 bits per heavy atom. The molecule has 1 aliphatic rings. The lowest BCUT2D eigenvalue weighted by Gasteiger charge is -2.40. The summed E-state index contributed by atoms with van der Waals surface area (Å²) in [6.07, 6.45) is 4.38.